The molecule has 5 nitrogen and oxygen atoms in total. The van der Waals surface area contributed by atoms with Gasteiger partial charge in [0.25, 0.3) is 10.1 Å². The monoisotopic (exact) mass is 182 g/mol. The highest BCUT2D eigenvalue weighted by Crippen LogP contribution is 2.05. The second kappa shape index (κ2) is 3.68. The Morgan fingerprint density at radius 3 is 2.27 bits per heavy atom. The Kier molecular flexibility index (Phi) is 3.47. The van der Waals surface area contributed by atoms with Crippen molar-refractivity contribution in [2.45, 2.75) is 25.0 Å². The van der Waals surface area contributed by atoms with E-state index in [1.54, 1.807) is 0 Å². The van der Waals surface area contributed by atoms with Crippen LogP contribution >= 0.6 is 0 Å². The van der Waals surface area contributed by atoms with Gasteiger partial charge in [0.15, 0.2) is 0 Å². The van der Waals surface area contributed by atoms with Crippen molar-refractivity contribution in [1.29, 1.82) is 0 Å². The summed E-state index contributed by atoms with van der Waals surface area (Å²) in [6.07, 6.45) is -0.310. The van der Waals surface area contributed by atoms with Crippen molar-refractivity contribution in [2.24, 2.45) is 0 Å². The maximum atomic E-state index is 10.3. The summed E-state index contributed by atoms with van der Waals surface area (Å²) in [4.78, 5) is 9.95. The van der Waals surface area contributed by atoms with Crippen molar-refractivity contribution in [3.63, 3.8) is 0 Å². The van der Waals surface area contributed by atoms with Gasteiger partial charge in [-0.05, 0) is 13.3 Å². The highest BCUT2D eigenvalue weighted by atomic mass is 32.2. The summed E-state index contributed by atoms with van der Waals surface area (Å²) in [6, 6.07) is 0. The summed E-state index contributed by atoms with van der Waals surface area (Å²) in [5, 5.41) is 7.15. The van der Waals surface area contributed by atoms with E-state index in [-0.39, 0.29) is 12.8 Å². The number of hydrogen-bond acceptors (Lipinski definition) is 3. The van der Waals surface area contributed by atoms with Gasteiger partial charge in [0.2, 0.25) is 0 Å². The Balaban J connectivity index is 3.90. The lowest BCUT2D eigenvalue weighted by Gasteiger charge is -2.04. The number of carbonyl (C=O) groups is 1. The second-order valence-electron chi connectivity index (χ2n) is 2.26. The normalized spacial score (nSPS) is 14.4. The third kappa shape index (κ3) is 4.74. The van der Waals surface area contributed by atoms with E-state index < -0.39 is 21.3 Å². The van der Waals surface area contributed by atoms with E-state index in [2.05, 4.69) is 0 Å². The molecule has 0 unspecified atom stereocenters. The highest BCUT2D eigenvalue weighted by Gasteiger charge is 2.17. The molecule has 66 valence electrons. The molecule has 0 saturated heterocycles. The van der Waals surface area contributed by atoms with E-state index in [0.29, 0.717) is 0 Å². The Bertz CT molecular complexity index is 229. The molecule has 0 fully saturated rings. The highest BCUT2D eigenvalue weighted by molar-refractivity contribution is 7.86. The predicted molar refractivity (Wildman–Crippen MR) is 37.9 cm³/mol. The van der Waals surface area contributed by atoms with Crippen molar-refractivity contribution in [3.8, 4) is 0 Å². The Labute approximate surface area is 64.8 Å². The van der Waals surface area contributed by atoms with E-state index in [4.69, 9.17) is 9.66 Å². The van der Waals surface area contributed by atoms with Crippen LogP contribution in [0.5, 0.6) is 0 Å². The molecule has 6 heteroatoms. The Morgan fingerprint density at radius 1 is 1.55 bits per heavy atom. The van der Waals surface area contributed by atoms with E-state index in [0.717, 1.165) is 0 Å². The molecule has 0 amide bonds. The molecule has 11 heavy (non-hydrogen) atoms. The second-order valence-corrected chi connectivity index (χ2v) is 4.09. The first-order valence-corrected chi connectivity index (χ1v) is 4.52. The van der Waals surface area contributed by atoms with Gasteiger partial charge in [-0.2, -0.15) is 8.42 Å². The molecule has 0 aliphatic carbocycles. The van der Waals surface area contributed by atoms with Crippen LogP contribution in [0.25, 0.3) is 0 Å². The number of hydrogen-bond donors (Lipinski definition) is 2. The van der Waals surface area contributed by atoms with Crippen LogP contribution in [0.15, 0.2) is 0 Å². The van der Waals surface area contributed by atoms with Gasteiger partial charge < -0.3 is 5.11 Å². The lowest BCUT2D eigenvalue weighted by Crippen LogP contribution is -2.17. The molecular formula is C5H10O5S. The molecule has 2 N–H and O–H groups in total. The lowest BCUT2D eigenvalue weighted by atomic mass is 10.2. The number of carboxylic acids is 1. The minimum Gasteiger partial charge on any atom is -0.481 e. The Hall–Kier alpha value is -0.620. The fourth-order valence-corrected chi connectivity index (χ4v) is 0.891. The fraction of sp³-hybridized carbons (Fsp3) is 0.800. The molecule has 0 aliphatic rings. The number of rotatable bonds is 4. The van der Waals surface area contributed by atoms with Crippen LogP contribution in [0.4, 0.5) is 0 Å². The molecule has 0 bridgehead atoms. The standard InChI is InChI=1S/C5H10O5S/c1-4(11(8,9)10)2-3-5(6)7/h4H,2-3H2,1H3,(H,6,7)(H,8,9,10)/t4-/m1/s1. The molecule has 0 saturated carbocycles. The van der Waals surface area contributed by atoms with Gasteiger partial charge in [0.05, 0.1) is 5.25 Å². The molecule has 0 aromatic heterocycles. The molecule has 0 heterocycles. The maximum absolute atomic E-state index is 10.3. The molecule has 0 aromatic rings. The smallest absolute Gasteiger partial charge is 0.303 e. The summed E-state index contributed by atoms with van der Waals surface area (Å²) < 4.78 is 29.0. The molecule has 0 aromatic carbocycles. The van der Waals surface area contributed by atoms with Crippen molar-refractivity contribution in [2.75, 3.05) is 0 Å². The van der Waals surface area contributed by atoms with Gasteiger partial charge >= 0.3 is 5.97 Å². The number of carboxylic acid groups (broad SMARTS) is 1. The fourth-order valence-electron chi connectivity index (χ4n) is 0.476. The number of aliphatic carboxylic acids is 1. The van der Waals surface area contributed by atoms with Crippen LogP contribution in [0.1, 0.15) is 19.8 Å². The quantitative estimate of drug-likeness (QED) is 0.603. The van der Waals surface area contributed by atoms with Crippen molar-refractivity contribution < 1.29 is 22.9 Å². The SMILES string of the molecule is C[C@H](CCC(=O)O)S(=O)(=O)O. The van der Waals surface area contributed by atoms with Crippen LogP contribution in [0.2, 0.25) is 0 Å². The summed E-state index contributed by atoms with van der Waals surface area (Å²) in [5.41, 5.74) is 0. The zero-order valence-corrected chi connectivity index (χ0v) is 6.84. The molecule has 0 aliphatic heterocycles. The van der Waals surface area contributed by atoms with Gasteiger partial charge in [0, 0.05) is 6.42 Å². The van der Waals surface area contributed by atoms with Crippen molar-refractivity contribution in [3.05, 3.63) is 0 Å². The maximum Gasteiger partial charge on any atom is 0.303 e. The van der Waals surface area contributed by atoms with Gasteiger partial charge in [-0.25, -0.2) is 0 Å². The minimum absolute atomic E-state index is 0.0613. The van der Waals surface area contributed by atoms with Crippen LogP contribution in [-0.2, 0) is 14.9 Å². The Morgan fingerprint density at radius 2 is 2.00 bits per heavy atom. The van der Waals surface area contributed by atoms with Gasteiger partial charge in [-0.1, -0.05) is 0 Å². The van der Waals surface area contributed by atoms with Crippen LogP contribution in [-0.4, -0.2) is 29.3 Å². The first-order valence-electron chi connectivity index (χ1n) is 3.02. The molecule has 1 atom stereocenters. The predicted octanol–water partition coefficient (Wildman–Crippen LogP) is 0.128. The van der Waals surface area contributed by atoms with E-state index in [9.17, 15) is 13.2 Å². The van der Waals surface area contributed by atoms with E-state index in [1.807, 2.05) is 0 Å². The summed E-state index contributed by atoms with van der Waals surface area (Å²) in [7, 11) is -4.06. The van der Waals surface area contributed by atoms with E-state index in [1.165, 1.54) is 6.92 Å². The largest absolute Gasteiger partial charge is 0.481 e. The van der Waals surface area contributed by atoms with E-state index >= 15 is 0 Å². The third-order valence-electron chi connectivity index (χ3n) is 1.27. The minimum atomic E-state index is -4.06. The van der Waals surface area contributed by atoms with Crippen LogP contribution in [0.3, 0.4) is 0 Å². The van der Waals surface area contributed by atoms with Crippen LogP contribution < -0.4 is 0 Å². The van der Waals surface area contributed by atoms with Crippen molar-refractivity contribution in [1.82, 2.24) is 0 Å². The summed E-state index contributed by atoms with van der Waals surface area (Å²) in [6.45, 7) is 1.26. The third-order valence-corrected chi connectivity index (χ3v) is 2.53. The van der Waals surface area contributed by atoms with Crippen LogP contribution in [0, 0.1) is 0 Å². The first kappa shape index (κ1) is 10.4. The summed E-state index contributed by atoms with van der Waals surface area (Å²) >= 11 is 0. The van der Waals surface area contributed by atoms with Gasteiger partial charge in [0.1, 0.15) is 0 Å². The average molecular weight is 182 g/mol. The molecular weight excluding hydrogens is 172 g/mol. The zero-order chi connectivity index (χ0) is 9.07. The van der Waals surface area contributed by atoms with Gasteiger partial charge in [-0.3, -0.25) is 9.35 Å². The van der Waals surface area contributed by atoms with Gasteiger partial charge in [-0.15, -0.1) is 0 Å². The molecule has 0 radical (unpaired) electrons. The van der Waals surface area contributed by atoms with Crippen molar-refractivity contribution >= 4 is 16.1 Å². The lowest BCUT2D eigenvalue weighted by molar-refractivity contribution is -0.137. The average Bonchev–Trinajstić information content (AvgIpc) is 1.80. The molecule has 0 spiro atoms. The first-order chi connectivity index (χ1) is 4.84. The molecule has 0 rings (SSSR count). The topological polar surface area (TPSA) is 91.7 Å². The zero-order valence-electron chi connectivity index (χ0n) is 6.02. The summed E-state index contributed by atoms with van der Waals surface area (Å²) in [5.74, 6) is -1.07.